The lowest BCUT2D eigenvalue weighted by molar-refractivity contribution is -0.149. The molecule has 0 amide bonds. The van der Waals surface area contributed by atoms with E-state index in [1.54, 1.807) is 25.3 Å². The number of nitrogens with one attached hydrogen (secondary N) is 2. The third kappa shape index (κ3) is 5.65. The fourth-order valence-electron chi connectivity index (χ4n) is 3.42. The van der Waals surface area contributed by atoms with E-state index in [2.05, 4.69) is 20.0 Å². The molecular formula is C18H28N6O6P+. The van der Waals surface area contributed by atoms with Gasteiger partial charge in [0, 0.05) is 12.3 Å². The van der Waals surface area contributed by atoms with Crippen molar-refractivity contribution in [2.24, 2.45) is 5.92 Å². The number of nitrogens with zero attached hydrogens (tertiary/aromatic N) is 3. The molecule has 2 aromatic heterocycles. The van der Waals surface area contributed by atoms with Crippen LogP contribution in [0.15, 0.2) is 11.1 Å². The third-order valence-corrected chi connectivity index (χ3v) is 5.85. The van der Waals surface area contributed by atoms with Crippen molar-refractivity contribution in [3.63, 3.8) is 0 Å². The zero-order valence-electron chi connectivity index (χ0n) is 17.9. The molecule has 1 fully saturated rings. The van der Waals surface area contributed by atoms with Crippen molar-refractivity contribution < 1.29 is 23.4 Å². The van der Waals surface area contributed by atoms with E-state index >= 15 is 0 Å². The number of H-pyrrole nitrogens is 1. The molecule has 170 valence electrons. The average molecular weight is 455 g/mol. The first kappa shape index (κ1) is 23.3. The molecule has 13 heteroatoms. The summed E-state index contributed by atoms with van der Waals surface area (Å²) in [4.78, 5) is 34.5. The number of nitrogens with two attached hydrogens (primary N) is 1. The van der Waals surface area contributed by atoms with Gasteiger partial charge in [0.15, 0.2) is 11.2 Å². The Bertz CT molecular complexity index is 1010. The quantitative estimate of drug-likeness (QED) is 0.374. The van der Waals surface area contributed by atoms with Crippen LogP contribution in [0.5, 0.6) is 0 Å². The fourth-order valence-corrected chi connectivity index (χ4v) is 4.19. The normalized spacial score (nSPS) is 22.7. The molecule has 0 saturated carbocycles. The zero-order valence-corrected chi connectivity index (χ0v) is 18.8. The number of carbonyl (C=O) groups excluding carboxylic acids is 1. The summed E-state index contributed by atoms with van der Waals surface area (Å²) in [6.45, 7) is 7.26. The smallest absolute Gasteiger partial charge is 0.462 e. The Labute approximate surface area is 179 Å². The van der Waals surface area contributed by atoms with Crippen LogP contribution in [-0.4, -0.2) is 50.3 Å². The van der Waals surface area contributed by atoms with Crippen LogP contribution in [-0.2, 0) is 23.4 Å². The molecule has 31 heavy (non-hydrogen) atoms. The molecule has 0 aliphatic carbocycles. The number of aromatic amines is 1. The largest absolute Gasteiger partial charge is 0.613 e. The van der Waals surface area contributed by atoms with E-state index in [1.165, 1.54) is 6.33 Å². The van der Waals surface area contributed by atoms with Crippen molar-refractivity contribution in [3.05, 3.63) is 16.7 Å². The van der Waals surface area contributed by atoms with E-state index < -0.39 is 25.7 Å². The van der Waals surface area contributed by atoms with Crippen LogP contribution in [0.3, 0.4) is 0 Å². The van der Waals surface area contributed by atoms with Gasteiger partial charge in [0.1, 0.15) is 18.9 Å². The Morgan fingerprint density at radius 3 is 2.94 bits per heavy atom. The molecule has 3 rings (SSSR count). The Kier molecular flexibility index (Phi) is 7.37. The van der Waals surface area contributed by atoms with Crippen LogP contribution in [0.25, 0.3) is 11.2 Å². The summed E-state index contributed by atoms with van der Waals surface area (Å²) in [5.74, 6) is -0.349. The van der Waals surface area contributed by atoms with Crippen LogP contribution in [0.2, 0.25) is 0 Å². The van der Waals surface area contributed by atoms with Gasteiger partial charge in [0.05, 0.1) is 18.5 Å². The summed E-state index contributed by atoms with van der Waals surface area (Å²) < 4.78 is 30.2. The predicted molar refractivity (Wildman–Crippen MR) is 112 cm³/mol. The molecule has 0 bridgehead atoms. The number of aromatic nitrogens is 4. The van der Waals surface area contributed by atoms with Crippen molar-refractivity contribution in [3.8, 4) is 0 Å². The highest BCUT2D eigenvalue weighted by atomic mass is 31.1. The number of fused-ring (bicyclic) bond motifs is 1. The van der Waals surface area contributed by atoms with Gasteiger partial charge in [-0.15, -0.1) is 4.52 Å². The standard InChI is InChI=1S/C18H27N6O6P/c1-9(2)29-17(26)11(4)23-31(27)28-6-5-12-7-10(3)16(30-12)24-8-20-13-14(24)21-18(19)22-15(13)25/h8-12,16H,5-7H2,1-4H3,(H3-,19,21,22,23,25,27)/p+1/t10-,11+,12+,16+/m0/s1. The molecule has 1 aliphatic heterocycles. The lowest BCUT2D eigenvalue weighted by Gasteiger charge is -2.17. The van der Waals surface area contributed by atoms with Crippen LogP contribution in [0.4, 0.5) is 5.95 Å². The minimum absolute atomic E-state index is 0.0117. The van der Waals surface area contributed by atoms with Gasteiger partial charge in [-0.1, -0.05) is 12.0 Å². The minimum Gasteiger partial charge on any atom is -0.462 e. The van der Waals surface area contributed by atoms with Gasteiger partial charge in [-0.3, -0.25) is 19.1 Å². The summed E-state index contributed by atoms with van der Waals surface area (Å²) in [6, 6.07) is -0.740. The molecule has 0 aromatic carbocycles. The molecule has 2 aromatic rings. The number of anilines is 1. The second-order valence-corrected chi connectivity index (χ2v) is 8.88. The van der Waals surface area contributed by atoms with Crippen LogP contribution >= 0.6 is 8.18 Å². The summed E-state index contributed by atoms with van der Waals surface area (Å²) in [6.07, 6.45) is 2.03. The number of imidazole rings is 1. The van der Waals surface area contributed by atoms with Gasteiger partial charge >= 0.3 is 14.1 Å². The van der Waals surface area contributed by atoms with Crippen molar-refractivity contribution in [2.45, 2.75) is 65.0 Å². The molecule has 0 spiro atoms. The van der Waals surface area contributed by atoms with Crippen molar-refractivity contribution in [2.75, 3.05) is 12.3 Å². The zero-order chi connectivity index (χ0) is 22.7. The van der Waals surface area contributed by atoms with Gasteiger partial charge in [-0.05, 0) is 31.8 Å². The summed E-state index contributed by atoms with van der Waals surface area (Å²) in [5.41, 5.74) is 5.82. The maximum atomic E-state index is 12.0. The molecule has 3 heterocycles. The lowest BCUT2D eigenvalue weighted by Crippen LogP contribution is -2.32. The van der Waals surface area contributed by atoms with E-state index in [1.807, 2.05) is 6.92 Å². The Morgan fingerprint density at radius 2 is 2.23 bits per heavy atom. The fraction of sp³-hybridized carbons (Fsp3) is 0.667. The average Bonchev–Trinajstić information content (AvgIpc) is 3.24. The van der Waals surface area contributed by atoms with Gasteiger partial charge in [-0.2, -0.15) is 4.98 Å². The first-order chi connectivity index (χ1) is 14.7. The molecule has 0 radical (unpaired) electrons. The Hall–Kier alpha value is -2.40. The number of hydrogen-bond donors (Lipinski definition) is 3. The monoisotopic (exact) mass is 455 g/mol. The molecular weight excluding hydrogens is 427 g/mol. The summed E-state index contributed by atoms with van der Waals surface area (Å²) in [5, 5.41) is 2.59. The van der Waals surface area contributed by atoms with Crippen molar-refractivity contribution >= 4 is 31.3 Å². The molecule has 1 unspecified atom stereocenters. The molecule has 5 atom stereocenters. The van der Waals surface area contributed by atoms with E-state index in [9.17, 15) is 14.2 Å². The number of ether oxygens (including phenoxy) is 2. The Balaban J connectivity index is 1.51. The number of nitrogen functional groups attached to an aromatic ring is 1. The molecule has 12 nitrogen and oxygen atoms in total. The predicted octanol–water partition coefficient (Wildman–Crippen LogP) is 1.62. The first-order valence-corrected chi connectivity index (χ1v) is 11.3. The molecule has 4 N–H and O–H groups in total. The van der Waals surface area contributed by atoms with Gasteiger partial charge in [-0.25, -0.2) is 4.98 Å². The molecule has 1 aliphatic rings. The molecule has 1 saturated heterocycles. The minimum atomic E-state index is -2.22. The van der Waals surface area contributed by atoms with E-state index in [0.29, 0.717) is 12.1 Å². The van der Waals surface area contributed by atoms with Crippen LogP contribution in [0.1, 0.15) is 46.8 Å². The van der Waals surface area contributed by atoms with Crippen molar-refractivity contribution in [1.29, 1.82) is 0 Å². The maximum Gasteiger partial charge on any atom is 0.613 e. The van der Waals surface area contributed by atoms with E-state index in [-0.39, 0.29) is 42.4 Å². The second kappa shape index (κ2) is 9.82. The number of hydrogen-bond acceptors (Lipinski definition) is 9. The highest BCUT2D eigenvalue weighted by Gasteiger charge is 2.35. The highest BCUT2D eigenvalue weighted by molar-refractivity contribution is 7.36. The maximum absolute atomic E-state index is 12.0. The highest BCUT2D eigenvalue weighted by Crippen LogP contribution is 2.36. The lowest BCUT2D eigenvalue weighted by atomic mass is 10.0. The summed E-state index contributed by atoms with van der Waals surface area (Å²) >= 11 is 0. The van der Waals surface area contributed by atoms with E-state index in [4.69, 9.17) is 19.7 Å². The SMILES string of the molecule is CC(C)OC(=O)[C@@H](C)N[P+](=O)OCC[C@@H]1C[C@H](C)[C@H](n2cnc3c(=O)[nH]c(N)nc32)O1. The topological polar surface area (TPSA) is 163 Å². The van der Waals surface area contributed by atoms with Crippen LogP contribution in [0, 0.1) is 5.92 Å². The number of rotatable bonds is 9. The van der Waals surface area contributed by atoms with Crippen molar-refractivity contribution in [1.82, 2.24) is 24.6 Å². The van der Waals surface area contributed by atoms with E-state index in [0.717, 1.165) is 6.42 Å². The number of esters is 1. The second-order valence-electron chi connectivity index (χ2n) is 7.85. The third-order valence-electron chi connectivity index (χ3n) is 4.83. The van der Waals surface area contributed by atoms with Crippen LogP contribution < -0.4 is 16.4 Å². The van der Waals surface area contributed by atoms with Gasteiger partial charge < -0.3 is 15.2 Å². The van der Waals surface area contributed by atoms with Gasteiger partial charge in [0.25, 0.3) is 5.56 Å². The Morgan fingerprint density at radius 1 is 1.48 bits per heavy atom. The number of carbonyl (C=O) groups is 1. The van der Waals surface area contributed by atoms with Gasteiger partial charge in [0.2, 0.25) is 5.95 Å². The summed E-state index contributed by atoms with van der Waals surface area (Å²) in [7, 11) is -2.22. The first-order valence-electron chi connectivity index (χ1n) is 10.1.